The summed E-state index contributed by atoms with van der Waals surface area (Å²) >= 11 is 0. The van der Waals surface area contributed by atoms with Gasteiger partial charge in [-0.2, -0.15) is 5.10 Å². The maximum absolute atomic E-state index is 4.60. The number of hydrogen-bond acceptors (Lipinski definition) is 3. The highest BCUT2D eigenvalue weighted by Crippen LogP contribution is 2.28. The number of aryl methyl sites for hydroxylation is 1. The number of benzene rings is 1. The third-order valence-electron chi connectivity index (χ3n) is 3.70. The van der Waals surface area contributed by atoms with Crippen LogP contribution in [0.1, 0.15) is 5.69 Å². The normalized spacial score (nSPS) is 11.0. The standard InChI is InChI=1S/C18H14N4/c1-13-7-10-22-18(21-13)17(12-20-22)16-4-2-3-15(11-16)14-5-8-19-9-6-14/h2-12H,1H3. The summed E-state index contributed by atoms with van der Waals surface area (Å²) in [6.45, 7) is 1.99. The maximum Gasteiger partial charge on any atom is 0.163 e. The largest absolute Gasteiger partial charge is 0.265 e. The van der Waals surface area contributed by atoms with Gasteiger partial charge in [-0.05, 0) is 47.9 Å². The Bertz CT molecular complexity index is 942. The number of hydrogen-bond donors (Lipinski definition) is 0. The Morgan fingerprint density at radius 3 is 2.59 bits per heavy atom. The van der Waals surface area contributed by atoms with Crippen molar-refractivity contribution in [2.45, 2.75) is 6.92 Å². The summed E-state index contributed by atoms with van der Waals surface area (Å²) in [6.07, 6.45) is 7.42. The summed E-state index contributed by atoms with van der Waals surface area (Å²) in [5.74, 6) is 0. The van der Waals surface area contributed by atoms with Gasteiger partial charge in [0, 0.05) is 29.8 Å². The molecule has 0 radical (unpaired) electrons. The lowest BCUT2D eigenvalue weighted by molar-refractivity contribution is 0.929. The van der Waals surface area contributed by atoms with Crippen LogP contribution >= 0.6 is 0 Å². The quantitative estimate of drug-likeness (QED) is 0.563. The van der Waals surface area contributed by atoms with Crippen LogP contribution in [0.3, 0.4) is 0 Å². The van der Waals surface area contributed by atoms with Gasteiger partial charge in [-0.3, -0.25) is 4.98 Å². The first-order chi connectivity index (χ1) is 10.8. The molecule has 0 fully saturated rings. The lowest BCUT2D eigenvalue weighted by Gasteiger charge is -2.04. The van der Waals surface area contributed by atoms with Crippen LogP contribution in [0.25, 0.3) is 27.9 Å². The molecule has 4 aromatic rings. The average Bonchev–Trinajstić information content (AvgIpc) is 2.99. The number of nitrogens with zero attached hydrogens (tertiary/aromatic N) is 4. The lowest BCUT2D eigenvalue weighted by Crippen LogP contribution is -1.91. The molecule has 1 aromatic carbocycles. The zero-order chi connectivity index (χ0) is 14.9. The van der Waals surface area contributed by atoms with Gasteiger partial charge in [0.25, 0.3) is 0 Å². The molecule has 0 N–H and O–H groups in total. The van der Waals surface area contributed by atoms with E-state index < -0.39 is 0 Å². The molecule has 0 aliphatic rings. The van der Waals surface area contributed by atoms with Crippen molar-refractivity contribution in [3.63, 3.8) is 0 Å². The zero-order valence-corrected chi connectivity index (χ0v) is 12.1. The molecule has 22 heavy (non-hydrogen) atoms. The molecule has 3 aromatic heterocycles. The van der Waals surface area contributed by atoms with Crippen LogP contribution < -0.4 is 0 Å². The monoisotopic (exact) mass is 286 g/mol. The zero-order valence-electron chi connectivity index (χ0n) is 12.1. The molecule has 4 heteroatoms. The van der Waals surface area contributed by atoms with E-state index in [-0.39, 0.29) is 0 Å². The van der Waals surface area contributed by atoms with Crippen molar-refractivity contribution >= 4 is 5.65 Å². The summed E-state index contributed by atoms with van der Waals surface area (Å²) in [5, 5.41) is 4.38. The minimum Gasteiger partial charge on any atom is -0.265 e. The van der Waals surface area contributed by atoms with Gasteiger partial charge in [0.15, 0.2) is 5.65 Å². The Kier molecular flexibility index (Phi) is 2.93. The van der Waals surface area contributed by atoms with E-state index in [1.165, 1.54) is 0 Å². The molecular formula is C18H14N4. The second-order valence-electron chi connectivity index (χ2n) is 5.21. The molecule has 0 atom stereocenters. The third-order valence-corrected chi connectivity index (χ3v) is 3.70. The molecule has 0 amide bonds. The van der Waals surface area contributed by atoms with Gasteiger partial charge in [0.1, 0.15) is 0 Å². The van der Waals surface area contributed by atoms with E-state index in [2.05, 4.69) is 39.3 Å². The first-order valence-corrected chi connectivity index (χ1v) is 7.13. The van der Waals surface area contributed by atoms with Crippen molar-refractivity contribution in [2.24, 2.45) is 0 Å². The number of pyridine rings is 1. The number of aromatic nitrogens is 4. The van der Waals surface area contributed by atoms with Crippen LogP contribution in [0.4, 0.5) is 0 Å². The second-order valence-corrected chi connectivity index (χ2v) is 5.21. The minimum absolute atomic E-state index is 0.881. The Morgan fingerprint density at radius 2 is 1.73 bits per heavy atom. The first-order valence-electron chi connectivity index (χ1n) is 7.13. The van der Waals surface area contributed by atoms with Crippen LogP contribution in [0.5, 0.6) is 0 Å². The Hall–Kier alpha value is -3.01. The molecule has 0 spiro atoms. The molecule has 4 nitrogen and oxygen atoms in total. The molecule has 0 bridgehead atoms. The van der Waals surface area contributed by atoms with Crippen molar-refractivity contribution in [3.8, 4) is 22.3 Å². The van der Waals surface area contributed by atoms with Gasteiger partial charge in [-0.15, -0.1) is 0 Å². The fourth-order valence-corrected chi connectivity index (χ4v) is 2.57. The average molecular weight is 286 g/mol. The highest BCUT2D eigenvalue weighted by Gasteiger charge is 2.09. The number of fused-ring (bicyclic) bond motifs is 1. The van der Waals surface area contributed by atoms with Crippen molar-refractivity contribution in [1.82, 2.24) is 19.6 Å². The van der Waals surface area contributed by atoms with Gasteiger partial charge in [-0.25, -0.2) is 9.50 Å². The molecule has 0 saturated heterocycles. The molecule has 4 rings (SSSR count). The smallest absolute Gasteiger partial charge is 0.163 e. The van der Waals surface area contributed by atoms with E-state index in [4.69, 9.17) is 0 Å². The summed E-state index contributed by atoms with van der Waals surface area (Å²) in [6, 6.07) is 14.4. The van der Waals surface area contributed by atoms with E-state index in [0.29, 0.717) is 0 Å². The third kappa shape index (κ3) is 2.15. The van der Waals surface area contributed by atoms with Gasteiger partial charge in [-0.1, -0.05) is 18.2 Å². The summed E-state index contributed by atoms with van der Waals surface area (Å²) in [5.41, 5.74) is 6.33. The first kappa shape index (κ1) is 12.7. The molecule has 3 heterocycles. The molecule has 0 unspecified atom stereocenters. The van der Waals surface area contributed by atoms with Gasteiger partial charge in [0.2, 0.25) is 0 Å². The lowest BCUT2D eigenvalue weighted by atomic mass is 10.0. The number of rotatable bonds is 2. The fourth-order valence-electron chi connectivity index (χ4n) is 2.57. The van der Waals surface area contributed by atoms with E-state index in [1.54, 1.807) is 4.52 Å². The molecule has 0 aliphatic carbocycles. The minimum atomic E-state index is 0.881. The second kappa shape index (κ2) is 5.07. The van der Waals surface area contributed by atoms with Crippen LogP contribution in [0.2, 0.25) is 0 Å². The SMILES string of the molecule is Cc1ccn2ncc(-c3cccc(-c4ccncc4)c3)c2n1. The van der Waals surface area contributed by atoms with Gasteiger partial charge < -0.3 is 0 Å². The fraction of sp³-hybridized carbons (Fsp3) is 0.0556. The Morgan fingerprint density at radius 1 is 0.909 bits per heavy atom. The predicted octanol–water partition coefficient (Wildman–Crippen LogP) is 3.77. The van der Waals surface area contributed by atoms with Gasteiger partial charge in [0.05, 0.1) is 6.20 Å². The van der Waals surface area contributed by atoms with E-state index in [9.17, 15) is 0 Å². The van der Waals surface area contributed by atoms with Crippen molar-refractivity contribution in [2.75, 3.05) is 0 Å². The predicted molar refractivity (Wildman–Crippen MR) is 86.4 cm³/mol. The molecule has 0 aliphatic heterocycles. The highest BCUT2D eigenvalue weighted by atomic mass is 15.2. The summed E-state index contributed by atoms with van der Waals surface area (Å²) in [7, 11) is 0. The molecule has 0 saturated carbocycles. The van der Waals surface area contributed by atoms with E-state index >= 15 is 0 Å². The van der Waals surface area contributed by atoms with Crippen LogP contribution in [0, 0.1) is 6.92 Å². The summed E-state index contributed by atoms with van der Waals surface area (Å²) < 4.78 is 1.81. The van der Waals surface area contributed by atoms with E-state index in [1.807, 2.05) is 49.9 Å². The molecule has 106 valence electrons. The maximum atomic E-state index is 4.60. The summed E-state index contributed by atoms with van der Waals surface area (Å²) in [4.78, 5) is 8.68. The Balaban J connectivity index is 1.87. The van der Waals surface area contributed by atoms with Crippen LogP contribution in [0.15, 0.2) is 67.3 Å². The highest BCUT2D eigenvalue weighted by molar-refractivity contribution is 5.80. The van der Waals surface area contributed by atoms with Crippen molar-refractivity contribution < 1.29 is 0 Å². The van der Waals surface area contributed by atoms with Crippen LogP contribution in [-0.4, -0.2) is 19.6 Å². The van der Waals surface area contributed by atoms with Gasteiger partial charge >= 0.3 is 0 Å². The topological polar surface area (TPSA) is 43.1 Å². The van der Waals surface area contributed by atoms with Crippen molar-refractivity contribution in [1.29, 1.82) is 0 Å². The van der Waals surface area contributed by atoms with Crippen molar-refractivity contribution in [3.05, 3.63) is 72.9 Å². The van der Waals surface area contributed by atoms with Crippen LogP contribution in [-0.2, 0) is 0 Å². The van der Waals surface area contributed by atoms with E-state index in [0.717, 1.165) is 33.6 Å². The molecular weight excluding hydrogens is 272 g/mol. The Labute approximate surface area is 128 Å².